The molecule has 0 unspecified atom stereocenters. The third-order valence-electron chi connectivity index (χ3n) is 8.48. The molecule has 0 bridgehead atoms. The van der Waals surface area contributed by atoms with Crippen molar-refractivity contribution in [3.05, 3.63) is 118 Å². The van der Waals surface area contributed by atoms with E-state index in [1.165, 1.54) is 62.3 Å². The molecule has 0 atom stereocenters. The Labute approximate surface area is 218 Å². The molecule has 35 heavy (non-hydrogen) atoms. The SMILES string of the molecule is Cc1cc2ccccc2c2c1C[N+]1(CCc3ccccc3C1)Cc1c(C)cc3ccccc3c1-2.[Br-]. The van der Waals surface area contributed by atoms with Gasteiger partial charge in [0.15, 0.2) is 0 Å². The third-order valence-corrected chi connectivity index (χ3v) is 8.48. The van der Waals surface area contributed by atoms with Crippen LogP contribution in [-0.4, -0.2) is 11.0 Å². The molecular formula is C33H30BrN. The van der Waals surface area contributed by atoms with Crippen LogP contribution in [0.5, 0.6) is 0 Å². The number of rotatable bonds is 0. The molecule has 174 valence electrons. The van der Waals surface area contributed by atoms with Gasteiger partial charge < -0.3 is 21.5 Å². The van der Waals surface area contributed by atoms with Gasteiger partial charge in [-0.15, -0.1) is 0 Å². The van der Waals surface area contributed by atoms with Gasteiger partial charge in [-0.2, -0.15) is 0 Å². The van der Waals surface area contributed by atoms with Gasteiger partial charge in [0.2, 0.25) is 0 Å². The van der Waals surface area contributed by atoms with Gasteiger partial charge in [-0.3, -0.25) is 0 Å². The zero-order valence-electron chi connectivity index (χ0n) is 20.4. The van der Waals surface area contributed by atoms with Crippen molar-refractivity contribution in [2.45, 2.75) is 39.9 Å². The van der Waals surface area contributed by atoms with Crippen LogP contribution in [0.3, 0.4) is 0 Å². The standard InChI is InChI=1S/C33H30N.BrH/c1-22-17-25-10-5-7-13-28(25)32-30(22)20-34(16-15-24-9-3-4-12-27(24)19-34)21-31-23(2)18-26-11-6-8-14-29(26)33(31)32;/h3-14,17-18H,15-16,19-21H2,1-2H3;1H/q+1;/p-1. The monoisotopic (exact) mass is 519 g/mol. The van der Waals surface area contributed by atoms with Crippen LogP contribution in [0, 0.1) is 13.8 Å². The lowest BCUT2D eigenvalue weighted by molar-refractivity contribution is -0.967. The molecule has 7 rings (SSSR count). The predicted octanol–water partition coefficient (Wildman–Crippen LogP) is 4.87. The van der Waals surface area contributed by atoms with Crippen LogP contribution in [0.1, 0.15) is 33.4 Å². The Morgan fingerprint density at radius 2 is 1.06 bits per heavy atom. The van der Waals surface area contributed by atoms with Crippen molar-refractivity contribution in [1.29, 1.82) is 0 Å². The summed E-state index contributed by atoms with van der Waals surface area (Å²) >= 11 is 0. The van der Waals surface area contributed by atoms with E-state index < -0.39 is 0 Å². The summed E-state index contributed by atoms with van der Waals surface area (Å²) < 4.78 is 1.12. The molecule has 5 aromatic rings. The Hall–Kier alpha value is -2.94. The summed E-state index contributed by atoms with van der Waals surface area (Å²) in [5.74, 6) is 0. The quantitative estimate of drug-likeness (QED) is 0.256. The van der Waals surface area contributed by atoms with Crippen LogP contribution >= 0.6 is 0 Å². The second-order valence-electron chi connectivity index (χ2n) is 10.6. The highest BCUT2D eigenvalue weighted by atomic mass is 79.9. The number of fused-ring (bicyclic) bond motifs is 8. The molecule has 1 spiro atoms. The lowest BCUT2D eigenvalue weighted by atomic mass is 9.85. The first kappa shape index (κ1) is 22.5. The first-order valence-electron chi connectivity index (χ1n) is 12.6. The molecule has 0 aliphatic carbocycles. The van der Waals surface area contributed by atoms with Crippen molar-refractivity contribution in [2.75, 3.05) is 6.54 Å². The van der Waals surface area contributed by atoms with Crippen LogP contribution in [0.15, 0.2) is 84.9 Å². The largest absolute Gasteiger partial charge is 1.00 e. The number of aryl methyl sites for hydroxylation is 2. The van der Waals surface area contributed by atoms with Crippen molar-refractivity contribution in [1.82, 2.24) is 0 Å². The summed E-state index contributed by atoms with van der Waals surface area (Å²) in [5, 5.41) is 5.51. The molecule has 2 aliphatic rings. The molecule has 2 heterocycles. The Balaban J connectivity index is 0.00000229. The Bertz CT molecular complexity index is 1520. The van der Waals surface area contributed by atoms with Crippen molar-refractivity contribution in [2.24, 2.45) is 0 Å². The summed E-state index contributed by atoms with van der Waals surface area (Å²) in [6, 6.07) is 32.0. The molecule has 0 amide bonds. The van der Waals surface area contributed by atoms with E-state index in [0.717, 1.165) is 24.1 Å². The lowest BCUT2D eigenvalue weighted by Gasteiger charge is -2.42. The average molecular weight is 521 g/mol. The molecule has 0 fully saturated rings. The van der Waals surface area contributed by atoms with Gasteiger partial charge in [-0.25, -0.2) is 0 Å². The van der Waals surface area contributed by atoms with E-state index in [4.69, 9.17) is 0 Å². The number of quaternary nitrogens is 1. The molecule has 0 radical (unpaired) electrons. The van der Waals surface area contributed by atoms with Gasteiger partial charge in [-0.1, -0.05) is 84.9 Å². The number of halogens is 1. The highest BCUT2D eigenvalue weighted by Crippen LogP contribution is 2.47. The van der Waals surface area contributed by atoms with E-state index in [1.807, 2.05) is 0 Å². The fourth-order valence-corrected chi connectivity index (χ4v) is 6.79. The Morgan fingerprint density at radius 3 is 1.63 bits per heavy atom. The van der Waals surface area contributed by atoms with Gasteiger partial charge in [-0.05, 0) is 63.2 Å². The summed E-state index contributed by atoms with van der Waals surface area (Å²) in [6.45, 7) is 9.19. The molecule has 5 aromatic carbocycles. The van der Waals surface area contributed by atoms with Crippen LogP contribution in [-0.2, 0) is 26.1 Å². The maximum absolute atomic E-state index is 2.42. The van der Waals surface area contributed by atoms with Gasteiger partial charge in [0.1, 0.15) is 19.6 Å². The van der Waals surface area contributed by atoms with E-state index in [-0.39, 0.29) is 17.0 Å². The fourth-order valence-electron chi connectivity index (χ4n) is 6.79. The first-order valence-corrected chi connectivity index (χ1v) is 12.6. The molecule has 0 aromatic heterocycles. The Kier molecular flexibility index (Phi) is 5.36. The van der Waals surface area contributed by atoms with Crippen LogP contribution < -0.4 is 17.0 Å². The summed E-state index contributed by atoms with van der Waals surface area (Å²) in [6.07, 6.45) is 1.17. The highest BCUT2D eigenvalue weighted by molar-refractivity contribution is 6.08. The van der Waals surface area contributed by atoms with Crippen LogP contribution in [0.2, 0.25) is 0 Å². The average Bonchev–Trinajstić information content (AvgIpc) is 3.00. The van der Waals surface area contributed by atoms with Gasteiger partial charge in [0.05, 0.1) is 6.54 Å². The predicted molar refractivity (Wildman–Crippen MR) is 143 cm³/mol. The summed E-state index contributed by atoms with van der Waals surface area (Å²) in [4.78, 5) is 0. The van der Waals surface area contributed by atoms with Gasteiger partial charge >= 0.3 is 0 Å². The summed E-state index contributed by atoms with van der Waals surface area (Å²) in [5.41, 5.74) is 12.0. The number of hydrogen-bond donors (Lipinski definition) is 0. The Morgan fingerprint density at radius 1 is 0.571 bits per heavy atom. The minimum atomic E-state index is 0. The number of nitrogens with zero attached hydrogens (tertiary/aromatic N) is 1. The highest BCUT2D eigenvalue weighted by Gasteiger charge is 2.39. The third kappa shape index (κ3) is 3.46. The maximum atomic E-state index is 2.42. The van der Waals surface area contributed by atoms with Crippen LogP contribution in [0.25, 0.3) is 32.7 Å². The number of hydrogen-bond acceptors (Lipinski definition) is 0. The van der Waals surface area contributed by atoms with E-state index in [9.17, 15) is 0 Å². The van der Waals surface area contributed by atoms with E-state index in [1.54, 1.807) is 16.7 Å². The molecular weight excluding hydrogens is 490 g/mol. The molecule has 2 heteroatoms. The van der Waals surface area contributed by atoms with Crippen molar-refractivity contribution in [3.8, 4) is 11.1 Å². The normalized spacial score (nSPS) is 15.7. The molecule has 1 nitrogen and oxygen atoms in total. The molecule has 0 saturated carbocycles. The minimum absolute atomic E-state index is 0. The molecule has 0 N–H and O–H groups in total. The summed E-state index contributed by atoms with van der Waals surface area (Å²) in [7, 11) is 0. The van der Waals surface area contributed by atoms with E-state index in [2.05, 4.69) is 98.8 Å². The zero-order valence-corrected chi connectivity index (χ0v) is 22.0. The second-order valence-corrected chi connectivity index (χ2v) is 10.6. The zero-order chi connectivity index (χ0) is 22.9. The maximum Gasteiger partial charge on any atom is 0.106 e. The van der Waals surface area contributed by atoms with Crippen molar-refractivity contribution >= 4 is 21.5 Å². The molecule has 2 aliphatic heterocycles. The second kappa shape index (κ2) is 8.33. The fraction of sp³-hybridized carbons (Fsp3) is 0.212. The van der Waals surface area contributed by atoms with Crippen molar-refractivity contribution in [3.63, 3.8) is 0 Å². The lowest BCUT2D eigenvalue weighted by Crippen LogP contribution is -3.00. The van der Waals surface area contributed by atoms with Crippen molar-refractivity contribution < 1.29 is 21.5 Å². The van der Waals surface area contributed by atoms with Gasteiger partial charge in [0, 0.05) is 23.1 Å². The first-order chi connectivity index (χ1) is 16.6. The minimum Gasteiger partial charge on any atom is -1.00 e. The van der Waals surface area contributed by atoms with Gasteiger partial charge in [0.25, 0.3) is 0 Å². The van der Waals surface area contributed by atoms with Crippen LogP contribution in [0.4, 0.5) is 0 Å². The van der Waals surface area contributed by atoms with E-state index in [0.29, 0.717) is 0 Å². The van der Waals surface area contributed by atoms with E-state index >= 15 is 0 Å². The molecule has 0 saturated heterocycles. The number of benzene rings is 5. The topological polar surface area (TPSA) is 0 Å². The smallest absolute Gasteiger partial charge is 0.106 e.